The van der Waals surface area contributed by atoms with E-state index in [0.29, 0.717) is 6.61 Å². The Bertz CT molecular complexity index is 176. The van der Waals surface area contributed by atoms with Crippen molar-refractivity contribution in [3.05, 3.63) is 0 Å². The van der Waals surface area contributed by atoms with Gasteiger partial charge in [0.2, 0.25) is 5.91 Å². The summed E-state index contributed by atoms with van der Waals surface area (Å²) in [6.45, 7) is 8.69. The van der Waals surface area contributed by atoms with Crippen LogP contribution in [0.15, 0.2) is 0 Å². The molecule has 0 saturated carbocycles. The molecular weight excluding hydrogens is 170 g/mol. The second-order valence-corrected chi connectivity index (χ2v) is 9.98. The fraction of sp³-hybridized carbons (Fsp3) is 0.875. The number of hydrogen-bond donors (Lipinski definition) is 1. The zero-order chi connectivity index (χ0) is 9.99. The first-order valence-corrected chi connectivity index (χ1v) is 7.54. The first-order valence-electron chi connectivity index (χ1n) is 4.04. The molecule has 0 aromatic heterocycles. The van der Waals surface area contributed by atoms with Gasteiger partial charge in [0, 0.05) is 7.11 Å². The third-order valence-corrected chi connectivity index (χ3v) is 6.33. The molecule has 0 rings (SSSR count). The van der Waals surface area contributed by atoms with E-state index in [4.69, 9.17) is 10.5 Å². The van der Waals surface area contributed by atoms with Gasteiger partial charge in [0.25, 0.3) is 0 Å². The van der Waals surface area contributed by atoms with E-state index in [2.05, 4.69) is 19.6 Å². The van der Waals surface area contributed by atoms with Crippen molar-refractivity contribution < 1.29 is 9.53 Å². The lowest BCUT2D eigenvalue weighted by atomic mass is 10.2. The van der Waals surface area contributed by atoms with Crippen LogP contribution in [0.25, 0.3) is 0 Å². The Morgan fingerprint density at radius 2 is 1.92 bits per heavy atom. The Morgan fingerprint density at radius 3 is 2.00 bits per heavy atom. The van der Waals surface area contributed by atoms with E-state index in [1.54, 1.807) is 7.11 Å². The molecule has 1 amide bonds. The van der Waals surface area contributed by atoms with E-state index in [0.717, 1.165) is 0 Å². The van der Waals surface area contributed by atoms with Gasteiger partial charge >= 0.3 is 0 Å². The van der Waals surface area contributed by atoms with Gasteiger partial charge in [-0.3, -0.25) is 4.79 Å². The smallest absolute Gasteiger partial charge is 0.222 e. The van der Waals surface area contributed by atoms with Gasteiger partial charge in [-0.15, -0.1) is 0 Å². The van der Waals surface area contributed by atoms with Crippen LogP contribution in [0.4, 0.5) is 0 Å². The molecular formula is C8H19NO2Si. The van der Waals surface area contributed by atoms with Crippen LogP contribution in [0.2, 0.25) is 24.7 Å². The summed E-state index contributed by atoms with van der Waals surface area (Å²) in [7, 11) is 0.00407. The molecule has 0 fully saturated rings. The topological polar surface area (TPSA) is 52.3 Å². The number of rotatable bonds is 4. The van der Waals surface area contributed by atoms with Crippen LogP contribution in [-0.2, 0) is 9.53 Å². The van der Waals surface area contributed by atoms with Gasteiger partial charge < -0.3 is 10.5 Å². The zero-order valence-electron chi connectivity index (χ0n) is 8.60. The average molecular weight is 189 g/mol. The third kappa shape index (κ3) is 2.07. The zero-order valence-corrected chi connectivity index (χ0v) is 9.60. The second kappa shape index (κ2) is 3.58. The van der Waals surface area contributed by atoms with Crippen LogP contribution in [0.5, 0.6) is 0 Å². The van der Waals surface area contributed by atoms with Gasteiger partial charge in [-0.25, -0.2) is 0 Å². The van der Waals surface area contributed by atoms with Crippen molar-refractivity contribution >= 4 is 14.0 Å². The number of methoxy groups -OCH3 is 1. The molecule has 3 nitrogen and oxygen atoms in total. The first-order chi connectivity index (χ1) is 5.25. The van der Waals surface area contributed by atoms with E-state index in [9.17, 15) is 4.79 Å². The molecule has 0 aliphatic heterocycles. The van der Waals surface area contributed by atoms with E-state index >= 15 is 0 Å². The minimum Gasteiger partial charge on any atom is -0.384 e. The standard InChI is InChI=1S/C8H19NO2Si/c1-8(6-11-2,7(9)10)12(3,4)5/h6H2,1-5H3,(H2,9,10). The summed E-state index contributed by atoms with van der Waals surface area (Å²) >= 11 is 0. The van der Waals surface area contributed by atoms with Crippen LogP contribution in [0.1, 0.15) is 6.92 Å². The van der Waals surface area contributed by atoms with Gasteiger partial charge in [-0.2, -0.15) is 0 Å². The molecule has 0 bridgehead atoms. The predicted octanol–water partition coefficient (Wildman–Crippen LogP) is 1.22. The Kier molecular flexibility index (Phi) is 3.47. The molecule has 0 aliphatic carbocycles. The largest absolute Gasteiger partial charge is 0.384 e. The molecule has 0 aromatic carbocycles. The van der Waals surface area contributed by atoms with Crippen molar-refractivity contribution in [2.45, 2.75) is 31.6 Å². The average Bonchev–Trinajstić information content (AvgIpc) is 1.85. The lowest BCUT2D eigenvalue weighted by molar-refractivity contribution is -0.122. The minimum absolute atomic E-state index is 0.247. The van der Waals surface area contributed by atoms with Crippen molar-refractivity contribution in [1.29, 1.82) is 0 Å². The summed E-state index contributed by atoms with van der Waals surface area (Å²) in [5.74, 6) is -0.247. The quantitative estimate of drug-likeness (QED) is 0.676. The number of carbonyl (C=O) groups excluding carboxylic acids is 1. The van der Waals surface area contributed by atoms with Gasteiger partial charge in [0.05, 0.1) is 19.7 Å². The van der Waals surface area contributed by atoms with Crippen molar-refractivity contribution in [3.63, 3.8) is 0 Å². The highest BCUT2D eigenvalue weighted by molar-refractivity contribution is 6.82. The van der Waals surface area contributed by atoms with Gasteiger partial charge in [0.1, 0.15) is 0 Å². The molecule has 1 unspecified atom stereocenters. The van der Waals surface area contributed by atoms with Gasteiger partial charge in [-0.05, 0) is 0 Å². The summed E-state index contributed by atoms with van der Waals surface area (Å²) < 4.78 is 5.03. The number of ether oxygens (including phenoxy) is 1. The summed E-state index contributed by atoms with van der Waals surface area (Å²) in [6.07, 6.45) is 0. The number of primary amides is 1. The van der Waals surface area contributed by atoms with Crippen LogP contribution in [0, 0.1) is 0 Å². The molecule has 72 valence electrons. The molecule has 0 heterocycles. The highest BCUT2D eigenvalue weighted by atomic mass is 28.3. The lowest BCUT2D eigenvalue weighted by Crippen LogP contribution is -2.49. The molecule has 0 radical (unpaired) electrons. The number of amides is 1. The lowest BCUT2D eigenvalue weighted by Gasteiger charge is -2.36. The SMILES string of the molecule is COCC(C)(C(N)=O)[Si](C)(C)C. The predicted molar refractivity (Wildman–Crippen MR) is 52.8 cm³/mol. The fourth-order valence-electron chi connectivity index (χ4n) is 0.946. The van der Waals surface area contributed by atoms with Crippen LogP contribution in [-0.4, -0.2) is 27.7 Å². The van der Waals surface area contributed by atoms with Gasteiger partial charge in [-0.1, -0.05) is 26.6 Å². The maximum absolute atomic E-state index is 11.2. The van der Waals surface area contributed by atoms with Gasteiger partial charge in [0.15, 0.2) is 0 Å². The maximum atomic E-state index is 11.2. The van der Waals surface area contributed by atoms with E-state index in [1.165, 1.54) is 0 Å². The van der Waals surface area contributed by atoms with E-state index in [1.807, 2.05) is 6.92 Å². The molecule has 12 heavy (non-hydrogen) atoms. The fourth-order valence-corrected chi connectivity index (χ4v) is 2.26. The number of nitrogens with two attached hydrogens (primary N) is 1. The molecule has 4 heteroatoms. The summed E-state index contributed by atoms with van der Waals surface area (Å²) in [5, 5.41) is -0.457. The highest BCUT2D eigenvalue weighted by Crippen LogP contribution is 2.37. The molecule has 0 spiro atoms. The number of carbonyl (C=O) groups is 1. The Hall–Kier alpha value is -0.353. The van der Waals surface area contributed by atoms with Crippen molar-refractivity contribution in [2.75, 3.05) is 13.7 Å². The van der Waals surface area contributed by atoms with Crippen LogP contribution in [0.3, 0.4) is 0 Å². The van der Waals surface area contributed by atoms with Crippen molar-refractivity contribution in [3.8, 4) is 0 Å². The maximum Gasteiger partial charge on any atom is 0.222 e. The van der Waals surface area contributed by atoms with Crippen molar-refractivity contribution in [2.24, 2.45) is 5.73 Å². The summed E-state index contributed by atoms with van der Waals surface area (Å²) in [6, 6.07) is 0. The Labute approximate surface area is 75.3 Å². The monoisotopic (exact) mass is 189 g/mol. The molecule has 0 aliphatic rings. The highest BCUT2D eigenvalue weighted by Gasteiger charge is 2.44. The van der Waals surface area contributed by atoms with Crippen LogP contribution >= 0.6 is 0 Å². The van der Waals surface area contributed by atoms with E-state index < -0.39 is 13.1 Å². The van der Waals surface area contributed by atoms with Crippen LogP contribution < -0.4 is 5.73 Å². The van der Waals surface area contributed by atoms with E-state index in [-0.39, 0.29) is 5.91 Å². The first kappa shape index (κ1) is 11.6. The minimum atomic E-state index is -1.59. The normalized spacial score (nSPS) is 17.1. The molecule has 0 aromatic rings. The molecule has 1 atom stereocenters. The summed E-state index contributed by atoms with van der Waals surface area (Å²) in [5.41, 5.74) is 5.36. The third-order valence-electron chi connectivity index (χ3n) is 2.63. The number of hydrogen-bond acceptors (Lipinski definition) is 2. The van der Waals surface area contributed by atoms with Crippen molar-refractivity contribution in [1.82, 2.24) is 0 Å². The molecule has 0 saturated heterocycles. The molecule has 2 N–H and O–H groups in total. The Balaban J connectivity index is 4.75. The Morgan fingerprint density at radius 1 is 1.50 bits per heavy atom. The summed E-state index contributed by atoms with van der Waals surface area (Å²) in [4.78, 5) is 11.2. The second-order valence-electron chi connectivity index (χ2n) is 4.38.